The van der Waals surface area contributed by atoms with Gasteiger partial charge in [0, 0.05) is 19.1 Å². The van der Waals surface area contributed by atoms with E-state index in [1.165, 1.54) is 12.8 Å². The molecule has 0 aromatic carbocycles. The molecule has 0 aromatic rings. The number of urea groups is 1. The molecule has 0 aliphatic heterocycles. The molecule has 2 N–H and O–H groups in total. The van der Waals surface area contributed by atoms with Crippen molar-refractivity contribution in [3.63, 3.8) is 0 Å². The highest BCUT2D eigenvalue weighted by atomic mass is 16.4. The Labute approximate surface area is 133 Å². The van der Waals surface area contributed by atoms with E-state index in [9.17, 15) is 9.59 Å². The van der Waals surface area contributed by atoms with Crippen molar-refractivity contribution in [1.29, 1.82) is 0 Å². The molecule has 0 aromatic heterocycles. The predicted octanol–water partition coefficient (Wildman–Crippen LogP) is 3.24. The van der Waals surface area contributed by atoms with Gasteiger partial charge in [0.15, 0.2) is 0 Å². The van der Waals surface area contributed by atoms with Gasteiger partial charge in [-0.15, -0.1) is 0 Å². The molecule has 0 unspecified atom stereocenters. The Morgan fingerprint density at radius 2 is 1.59 bits per heavy atom. The Morgan fingerprint density at radius 3 is 2.09 bits per heavy atom. The maximum Gasteiger partial charge on any atom is 0.317 e. The predicted molar refractivity (Wildman–Crippen MR) is 85.7 cm³/mol. The summed E-state index contributed by atoms with van der Waals surface area (Å²) in [5, 5.41) is 12.1. The minimum atomic E-state index is -0.702. The van der Waals surface area contributed by atoms with E-state index in [-0.39, 0.29) is 18.0 Å². The first-order valence-corrected chi connectivity index (χ1v) is 8.54. The lowest BCUT2D eigenvalue weighted by Gasteiger charge is -2.39. The molecule has 22 heavy (non-hydrogen) atoms. The first kappa shape index (κ1) is 17.1. The van der Waals surface area contributed by atoms with Crippen LogP contribution in [0.2, 0.25) is 0 Å². The molecule has 5 heteroatoms. The molecule has 2 rings (SSSR count). The monoisotopic (exact) mass is 310 g/mol. The molecule has 0 radical (unpaired) electrons. The molecule has 0 spiro atoms. The summed E-state index contributed by atoms with van der Waals surface area (Å²) in [5.74, 6) is -0.932. The topological polar surface area (TPSA) is 69.6 Å². The van der Waals surface area contributed by atoms with Crippen molar-refractivity contribution in [2.75, 3.05) is 7.05 Å². The lowest BCUT2D eigenvalue weighted by Crippen LogP contribution is -2.49. The summed E-state index contributed by atoms with van der Waals surface area (Å²) in [7, 11) is 1.89. The Kier molecular flexibility index (Phi) is 5.35. The van der Waals surface area contributed by atoms with Gasteiger partial charge in [-0.1, -0.05) is 13.8 Å². The smallest absolute Gasteiger partial charge is 0.317 e. The summed E-state index contributed by atoms with van der Waals surface area (Å²) >= 11 is 0. The van der Waals surface area contributed by atoms with Crippen LogP contribution < -0.4 is 5.32 Å². The van der Waals surface area contributed by atoms with E-state index in [4.69, 9.17) is 5.11 Å². The Morgan fingerprint density at radius 1 is 1.05 bits per heavy atom. The van der Waals surface area contributed by atoms with Crippen LogP contribution >= 0.6 is 0 Å². The summed E-state index contributed by atoms with van der Waals surface area (Å²) in [6.45, 7) is 4.59. The minimum Gasteiger partial charge on any atom is -0.481 e. The molecule has 2 fully saturated rings. The fourth-order valence-corrected chi connectivity index (χ4v) is 3.70. The number of rotatable bonds is 3. The van der Waals surface area contributed by atoms with Gasteiger partial charge in [0.1, 0.15) is 0 Å². The number of hydrogen-bond donors (Lipinski definition) is 2. The third kappa shape index (κ3) is 4.37. The van der Waals surface area contributed by atoms with Gasteiger partial charge in [0.2, 0.25) is 0 Å². The first-order chi connectivity index (χ1) is 10.3. The molecule has 2 saturated carbocycles. The van der Waals surface area contributed by atoms with Crippen LogP contribution in [0.1, 0.15) is 65.2 Å². The van der Waals surface area contributed by atoms with E-state index in [0.717, 1.165) is 25.7 Å². The molecular weight excluding hydrogens is 280 g/mol. The second-order valence-corrected chi connectivity index (χ2v) is 7.84. The molecule has 2 aliphatic rings. The van der Waals surface area contributed by atoms with Crippen molar-refractivity contribution in [3.8, 4) is 0 Å². The fraction of sp³-hybridized carbons (Fsp3) is 0.882. The van der Waals surface area contributed by atoms with Crippen LogP contribution in [0.4, 0.5) is 4.79 Å². The van der Waals surface area contributed by atoms with Gasteiger partial charge in [0.05, 0.1) is 5.92 Å². The third-order valence-electron chi connectivity index (χ3n) is 5.58. The van der Waals surface area contributed by atoms with Gasteiger partial charge in [-0.2, -0.15) is 0 Å². The lowest BCUT2D eigenvalue weighted by atomic mass is 9.75. The van der Waals surface area contributed by atoms with Crippen molar-refractivity contribution in [1.82, 2.24) is 10.2 Å². The van der Waals surface area contributed by atoms with Crippen LogP contribution in [0.3, 0.4) is 0 Å². The van der Waals surface area contributed by atoms with E-state index in [0.29, 0.717) is 24.3 Å². The van der Waals surface area contributed by atoms with Crippen LogP contribution in [0.25, 0.3) is 0 Å². The minimum absolute atomic E-state index is 0.00322. The number of carbonyl (C=O) groups is 2. The van der Waals surface area contributed by atoms with Gasteiger partial charge in [-0.25, -0.2) is 4.79 Å². The van der Waals surface area contributed by atoms with Gasteiger partial charge >= 0.3 is 12.0 Å². The van der Waals surface area contributed by atoms with Gasteiger partial charge in [0.25, 0.3) is 0 Å². The molecule has 5 nitrogen and oxygen atoms in total. The van der Waals surface area contributed by atoms with E-state index in [1.54, 1.807) is 0 Å². The zero-order valence-corrected chi connectivity index (χ0v) is 14.1. The summed E-state index contributed by atoms with van der Waals surface area (Å²) < 4.78 is 0. The van der Waals surface area contributed by atoms with E-state index >= 15 is 0 Å². The maximum absolute atomic E-state index is 12.4. The molecule has 2 aliphatic carbocycles. The summed E-state index contributed by atoms with van der Waals surface area (Å²) in [6, 6.07) is 0.470. The van der Waals surface area contributed by atoms with E-state index in [1.807, 2.05) is 11.9 Å². The molecule has 0 heterocycles. The van der Waals surface area contributed by atoms with Crippen molar-refractivity contribution < 1.29 is 14.7 Å². The van der Waals surface area contributed by atoms with E-state index < -0.39 is 5.97 Å². The number of aliphatic carboxylic acids is 1. The Balaban J connectivity index is 1.77. The number of carboxylic acids is 1. The third-order valence-corrected chi connectivity index (χ3v) is 5.58. The van der Waals surface area contributed by atoms with Crippen molar-refractivity contribution in [3.05, 3.63) is 0 Å². The lowest BCUT2D eigenvalue weighted by molar-refractivity contribution is -0.142. The van der Waals surface area contributed by atoms with Crippen LogP contribution in [0, 0.1) is 11.3 Å². The highest BCUT2D eigenvalue weighted by Crippen LogP contribution is 2.36. The summed E-state index contributed by atoms with van der Waals surface area (Å²) in [5.41, 5.74) is 0.406. The zero-order valence-electron chi connectivity index (χ0n) is 14.1. The fourth-order valence-electron chi connectivity index (χ4n) is 3.70. The largest absolute Gasteiger partial charge is 0.481 e. The molecule has 0 saturated heterocycles. The van der Waals surface area contributed by atoms with Crippen molar-refractivity contribution in [2.45, 2.75) is 77.3 Å². The Bertz CT molecular complexity index is 404. The second kappa shape index (κ2) is 6.88. The van der Waals surface area contributed by atoms with Gasteiger partial charge in [-0.3, -0.25) is 4.79 Å². The number of carbonyl (C=O) groups excluding carboxylic acids is 1. The van der Waals surface area contributed by atoms with Crippen molar-refractivity contribution >= 4 is 12.0 Å². The quantitative estimate of drug-likeness (QED) is 0.840. The summed E-state index contributed by atoms with van der Waals surface area (Å²) in [6.07, 6.45) is 7.36. The number of carboxylic acid groups (broad SMARTS) is 1. The summed E-state index contributed by atoms with van der Waals surface area (Å²) in [4.78, 5) is 25.2. The number of hydrogen-bond acceptors (Lipinski definition) is 2. The van der Waals surface area contributed by atoms with Gasteiger partial charge in [-0.05, 0) is 56.8 Å². The van der Waals surface area contributed by atoms with Crippen LogP contribution in [0.5, 0.6) is 0 Å². The SMILES string of the molecule is CN(C(=O)NC1CCC(C(=O)O)CC1)C1CCC(C)(C)CC1. The molecule has 2 amide bonds. The van der Waals surface area contributed by atoms with Crippen LogP contribution in [0.15, 0.2) is 0 Å². The van der Waals surface area contributed by atoms with Crippen LogP contribution in [-0.4, -0.2) is 41.1 Å². The molecule has 0 bridgehead atoms. The standard InChI is InChI=1S/C17H30N2O3/c1-17(2)10-8-14(9-11-17)19(3)16(22)18-13-6-4-12(5-7-13)15(20)21/h12-14H,4-11H2,1-3H3,(H,18,22)(H,20,21). The number of nitrogens with one attached hydrogen (secondary N) is 1. The maximum atomic E-state index is 12.4. The number of amides is 2. The van der Waals surface area contributed by atoms with Crippen LogP contribution in [-0.2, 0) is 4.79 Å². The van der Waals surface area contributed by atoms with Gasteiger partial charge < -0.3 is 15.3 Å². The Hall–Kier alpha value is -1.26. The van der Waals surface area contributed by atoms with E-state index in [2.05, 4.69) is 19.2 Å². The molecule has 0 atom stereocenters. The molecular formula is C17H30N2O3. The molecule has 126 valence electrons. The normalized spacial score (nSPS) is 28.9. The average molecular weight is 310 g/mol. The first-order valence-electron chi connectivity index (χ1n) is 8.54. The highest BCUT2D eigenvalue weighted by molar-refractivity contribution is 5.74. The van der Waals surface area contributed by atoms with Crippen molar-refractivity contribution in [2.24, 2.45) is 11.3 Å². The number of nitrogens with zero attached hydrogens (tertiary/aromatic N) is 1. The average Bonchev–Trinajstić information content (AvgIpc) is 2.47. The zero-order chi connectivity index (χ0) is 16.3. The highest BCUT2D eigenvalue weighted by Gasteiger charge is 2.32. The second-order valence-electron chi connectivity index (χ2n) is 7.84.